The minimum absolute atomic E-state index is 0.265. The molecule has 1 aliphatic carbocycles. The second kappa shape index (κ2) is 9.11. The predicted octanol–water partition coefficient (Wildman–Crippen LogP) is 4.75. The summed E-state index contributed by atoms with van der Waals surface area (Å²) in [4.78, 5) is 17.3. The number of Topliss-reactive ketones (excluding diaryl/α,β-unsaturated/α-hetero) is 1. The molecule has 1 unspecified atom stereocenters. The van der Waals surface area contributed by atoms with Crippen LogP contribution in [0.1, 0.15) is 64.3 Å². The summed E-state index contributed by atoms with van der Waals surface area (Å²) < 4.78 is 20.8. The van der Waals surface area contributed by atoms with Crippen LogP contribution < -0.4 is 4.74 Å². The fourth-order valence-electron chi connectivity index (χ4n) is 3.93. The van der Waals surface area contributed by atoms with Crippen LogP contribution in [-0.2, 0) is 4.79 Å². The second-order valence-electron chi connectivity index (χ2n) is 7.65. The van der Waals surface area contributed by atoms with Crippen molar-refractivity contribution >= 4 is 5.78 Å². The number of ether oxygens (including phenoxy) is 1. The number of carbonyl (C=O) groups is 1. The summed E-state index contributed by atoms with van der Waals surface area (Å²) in [6.07, 6.45) is 10.7. The van der Waals surface area contributed by atoms with Gasteiger partial charge in [0.1, 0.15) is 18.7 Å². The summed E-state index contributed by atoms with van der Waals surface area (Å²) in [6.45, 7) is 2.52. The molecule has 5 nitrogen and oxygen atoms in total. The third kappa shape index (κ3) is 4.93. The zero-order chi connectivity index (χ0) is 19.1. The Balaban J connectivity index is 1.55. The topological polar surface area (TPSA) is 57.0 Å². The van der Waals surface area contributed by atoms with Crippen LogP contribution in [0.25, 0.3) is 0 Å². The van der Waals surface area contributed by atoms with Gasteiger partial charge in [-0.1, -0.05) is 38.3 Å². The van der Waals surface area contributed by atoms with Crippen molar-refractivity contribution in [2.75, 3.05) is 6.61 Å². The number of ketones is 1. The Kier molecular flexibility index (Phi) is 6.58. The molecule has 0 radical (unpaired) electrons. The Morgan fingerprint density at radius 3 is 2.74 bits per heavy atom. The molecule has 0 N–H and O–H groups in total. The molecule has 0 amide bonds. The van der Waals surface area contributed by atoms with Gasteiger partial charge in [-0.15, -0.1) is 0 Å². The lowest BCUT2D eigenvalue weighted by atomic mass is 9.70. The molecular formula is C21H28FN3O2. The molecule has 6 heteroatoms. The van der Waals surface area contributed by atoms with Gasteiger partial charge in [0.2, 0.25) is 0 Å². The van der Waals surface area contributed by atoms with Crippen molar-refractivity contribution in [3.05, 3.63) is 42.7 Å². The Bertz CT molecular complexity index is 727. The zero-order valence-corrected chi connectivity index (χ0v) is 15.9. The van der Waals surface area contributed by atoms with E-state index in [2.05, 4.69) is 17.0 Å². The summed E-state index contributed by atoms with van der Waals surface area (Å²) in [5.41, 5.74) is -0.265. The molecule has 1 aliphatic rings. The number of unbranched alkanes of at least 4 members (excludes halogenated alkanes) is 1. The summed E-state index contributed by atoms with van der Waals surface area (Å²) in [5, 5.41) is 4.23. The van der Waals surface area contributed by atoms with Gasteiger partial charge in [0.15, 0.2) is 17.3 Å². The Labute approximate surface area is 159 Å². The van der Waals surface area contributed by atoms with E-state index in [0.29, 0.717) is 13.0 Å². The average molecular weight is 373 g/mol. The van der Waals surface area contributed by atoms with Gasteiger partial charge >= 0.3 is 0 Å². The summed E-state index contributed by atoms with van der Waals surface area (Å²) >= 11 is 0. The van der Waals surface area contributed by atoms with Crippen LogP contribution in [0.2, 0.25) is 0 Å². The molecule has 1 saturated carbocycles. The first-order valence-corrected chi connectivity index (χ1v) is 9.86. The molecule has 1 aromatic carbocycles. The van der Waals surface area contributed by atoms with E-state index in [1.54, 1.807) is 29.2 Å². The van der Waals surface area contributed by atoms with E-state index >= 15 is 0 Å². The van der Waals surface area contributed by atoms with Crippen LogP contribution in [0.15, 0.2) is 36.9 Å². The number of rotatable bonds is 9. The van der Waals surface area contributed by atoms with E-state index in [0.717, 1.165) is 38.5 Å². The molecule has 2 aromatic rings. The maximum atomic E-state index is 13.6. The number of para-hydroxylation sites is 1. The van der Waals surface area contributed by atoms with Gasteiger partial charge in [0.05, 0.1) is 6.61 Å². The van der Waals surface area contributed by atoms with Crippen molar-refractivity contribution in [3.63, 3.8) is 0 Å². The fourth-order valence-corrected chi connectivity index (χ4v) is 3.93. The van der Waals surface area contributed by atoms with Crippen molar-refractivity contribution < 1.29 is 13.9 Å². The highest BCUT2D eigenvalue weighted by Crippen LogP contribution is 2.40. The minimum Gasteiger partial charge on any atom is -0.491 e. The van der Waals surface area contributed by atoms with Crippen LogP contribution in [0, 0.1) is 11.2 Å². The number of halogens is 1. The normalized spacial score (nSPS) is 17.4. The third-order valence-electron chi connectivity index (χ3n) is 5.58. The number of hydrogen-bond acceptors (Lipinski definition) is 4. The molecule has 146 valence electrons. The number of aromatic nitrogens is 3. The van der Waals surface area contributed by atoms with E-state index in [9.17, 15) is 9.18 Å². The predicted molar refractivity (Wildman–Crippen MR) is 101 cm³/mol. The van der Waals surface area contributed by atoms with Gasteiger partial charge in [0.25, 0.3) is 0 Å². The van der Waals surface area contributed by atoms with Crippen molar-refractivity contribution in [2.45, 2.75) is 64.3 Å². The van der Waals surface area contributed by atoms with E-state index < -0.39 is 0 Å². The lowest BCUT2D eigenvalue weighted by molar-refractivity contribution is -0.133. The highest BCUT2D eigenvalue weighted by Gasteiger charge is 2.39. The maximum Gasteiger partial charge on any atom is 0.165 e. The minimum atomic E-state index is -0.349. The smallest absolute Gasteiger partial charge is 0.165 e. The molecule has 0 spiro atoms. The quantitative estimate of drug-likeness (QED) is 0.595. The standard InChI is InChI=1S/C21H28FN3O2/c1-21(12-6-2-7-13-21)20(26)18(25-16-23-15-24-25)10-5-8-14-27-19-11-4-3-9-17(19)22/h3-4,9,11,15-16,18H,2,5-8,10,12-14H2,1H3. The third-order valence-corrected chi connectivity index (χ3v) is 5.58. The van der Waals surface area contributed by atoms with Gasteiger partial charge in [-0.25, -0.2) is 14.1 Å². The SMILES string of the molecule is CC1(C(=O)C(CCCCOc2ccccc2F)n2cncn2)CCCCC1. The van der Waals surface area contributed by atoms with E-state index in [1.807, 2.05) is 0 Å². The van der Waals surface area contributed by atoms with Gasteiger partial charge in [-0.2, -0.15) is 5.10 Å². The lowest BCUT2D eigenvalue weighted by Crippen LogP contribution is -2.37. The van der Waals surface area contributed by atoms with Crippen LogP contribution >= 0.6 is 0 Å². The van der Waals surface area contributed by atoms with Crippen LogP contribution in [0.4, 0.5) is 4.39 Å². The Morgan fingerprint density at radius 2 is 2.04 bits per heavy atom. The molecular weight excluding hydrogens is 345 g/mol. The molecule has 27 heavy (non-hydrogen) atoms. The summed E-state index contributed by atoms with van der Waals surface area (Å²) in [6, 6.07) is 6.12. The fraction of sp³-hybridized carbons (Fsp3) is 0.571. The molecule has 1 atom stereocenters. The average Bonchev–Trinajstić information content (AvgIpc) is 3.20. The monoisotopic (exact) mass is 373 g/mol. The van der Waals surface area contributed by atoms with Crippen LogP contribution in [0.3, 0.4) is 0 Å². The Hall–Kier alpha value is -2.24. The first-order valence-electron chi connectivity index (χ1n) is 9.86. The first-order chi connectivity index (χ1) is 13.1. The van der Waals surface area contributed by atoms with E-state index in [1.165, 1.54) is 18.8 Å². The first kappa shape index (κ1) is 19.5. The second-order valence-corrected chi connectivity index (χ2v) is 7.65. The van der Waals surface area contributed by atoms with Crippen molar-refractivity contribution in [2.24, 2.45) is 5.41 Å². The highest BCUT2D eigenvalue weighted by molar-refractivity contribution is 5.88. The molecule has 0 bridgehead atoms. The van der Waals surface area contributed by atoms with Gasteiger partial charge < -0.3 is 4.74 Å². The van der Waals surface area contributed by atoms with Gasteiger partial charge in [0, 0.05) is 5.41 Å². The molecule has 3 rings (SSSR count). The molecule has 1 fully saturated rings. The van der Waals surface area contributed by atoms with Gasteiger partial charge in [-0.05, 0) is 44.2 Å². The number of benzene rings is 1. The molecule has 0 aliphatic heterocycles. The molecule has 0 saturated heterocycles. The van der Waals surface area contributed by atoms with E-state index in [-0.39, 0.29) is 28.8 Å². The van der Waals surface area contributed by atoms with Gasteiger partial charge in [-0.3, -0.25) is 4.79 Å². The number of hydrogen-bond donors (Lipinski definition) is 0. The summed E-state index contributed by atoms with van der Waals surface area (Å²) in [7, 11) is 0. The summed E-state index contributed by atoms with van der Waals surface area (Å²) in [5.74, 6) is 0.192. The van der Waals surface area contributed by atoms with Crippen molar-refractivity contribution in [1.29, 1.82) is 0 Å². The molecule has 1 aromatic heterocycles. The molecule has 1 heterocycles. The van der Waals surface area contributed by atoms with Crippen molar-refractivity contribution in [1.82, 2.24) is 14.8 Å². The lowest BCUT2D eigenvalue weighted by Gasteiger charge is -2.35. The highest BCUT2D eigenvalue weighted by atomic mass is 19.1. The van der Waals surface area contributed by atoms with E-state index in [4.69, 9.17) is 4.74 Å². The van der Waals surface area contributed by atoms with Crippen LogP contribution in [0.5, 0.6) is 5.75 Å². The van der Waals surface area contributed by atoms with Crippen molar-refractivity contribution in [3.8, 4) is 5.75 Å². The maximum absolute atomic E-state index is 13.6. The Morgan fingerprint density at radius 1 is 1.26 bits per heavy atom. The zero-order valence-electron chi connectivity index (χ0n) is 15.9. The largest absolute Gasteiger partial charge is 0.491 e. The van der Waals surface area contributed by atoms with Crippen LogP contribution in [-0.4, -0.2) is 27.2 Å². The number of carbonyl (C=O) groups excluding carboxylic acids is 1. The number of nitrogens with zero attached hydrogens (tertiary/aromatic N) is 3.